The largest absolute Gasteiger partial charge is 0.502 e. The summed E-state index contributed by atoms with van der Waals surface area (Å²) in [6.45, 7) is 2.79. The fourth-order valence-corrected chi connectivity index (χ4v) is 4.29. The van der Waals surface area contributed by atoms with Gasteiger partial charge >= 0.3 is 5.97 Å². The van der Waals surface area contributed by atoms with Gasteiger partial charge in [-0.3, -0.25) is 19.3 Å². The molecule has 0 aliphatic carbocycles. The molecule has 186 valence electrons. The first-order valence-corrected chi connectivity index (χ1v) is 11.2. The highest BCUT2D eigenvalue weighted by molar-refractivity contribution is 5.82. The monoisotopic (exact) mass is 484 g/mol. The zero-order valence-corrected chi connectivity index (χ0v) is 19.9. The van der Waals surface area contributed by atoms with Gasteiger partial charge in [0.05, 0.1) is 51.8 Å². The topological polar surface area (TPSA) is 120 Å². The van der Waals surface area contributed by atoms with E-state index in [4.69, 9.17) is 18.6 Å². The fourth-order valence-electron chi connectivity index (χ4n) is 4.29. The highest BCUT2D eigenvalue weighted by Gasteiger charge is 2.30. The Balaban J connectivity index is 1.85. The molecule has 4 rings (SSSR count). The maximum atomic E-state index is 13.4. The lowest BCUT2D eigenvalue weighted by Gasteiger charge is -2.26. The van der Waals surface area contributed by atoms with Crippen LogP contribution in [0.25, 0.3) is 10.9 Å². The van der Waals surface area contributed by atoms with Crippen LogP contribution in [0.1, 0.15) is 29.4 Å². The van der Waals surface area contributed by atoms with E-state index >= 15 is 0 Å². The van der Waals surface area contributed by atoms with Gasteiger partial charge in [0, 0.05) is 37.8 Å². The summed E-state index contributed by atoms with van der Waals surface area (Å²) in [4.78, 5) is 40.5. The molecule has 3 aromatic rings. The van der Waals surface area contributed by atoms with Gasteiger partial charge in [-0.2, -0.15) is 0 Å². The van der Waals surface area contributed by atoms with Gasteiger partial charge in [-0.25, -0.2) is 0 Å². The molecule has 1 unspecified atom stereocenters. The van der Waals surface area contributed by atoms with E-state index in [0.29, 0.717) is 55.3 Å². The smallest absolute Gasteiger partial charge is 0.306 e. The van der Waals surface area contributed by atoms with Crippen molar-refractivity contribution < 1.29 is 28.5 Å². The summed E-state index contributed by atoms with van der Waals surface area (Å²) < 4.78 is 22.9. The van der Waals surface area contributed by atoms with Crippen molar-refractivity contribution >= 4 is 16.9 Å². The highest BCUT2D eigenvalue weighted by Crippen LogP contribution is 2.33. The summed E-state index contributed by atoms with van der Waals surface area (Å²) in [7, 11) is 4.37. The Bertz CT molecular complexity index is 1350. The number of nitrogens with zero attached hydrogens (tertiary/aromatic N) is 2. The van der Waals surface area contributed by atoms with Crippen molar-refractivity contribution in [3.05, 3.63) is 68.0 Å². The number of hydrogen-bond donors (Lipinski definition) is 1. The molecule has 1 fully saturated rings. The number of carbonyl (C=O) groups excluding carboxylic acids is 1. The number of morpholine rings is 1. The number of esters is 1. The zero-order valence-electron chi connectivity index (χ0n) is 19.9. The Morgan fingerprint density at radius 1 is 1.14 bits per heavy atom. The first-order valence-electron chi connectivity index (χ1n) is 11.2. The predicted molar refractivity (Wildman–Crippen MR) is 127 cm³/mol. The van der Waals surface area contributed by atoms with Crippen LogP contribution in [0.4, 0.5) is 0 Å². The Hall–Kier alpha value is -3.63. The highest BCUT2D eigenvalue weighted by atomic mass is 16.5. The van der Waals surface area contributed by atoms with Crippen molar-refractivity contribution in [2.24, 2.45) is 7.05 Å². The van der Waals surface area contributed by atoms with E-state index in [-0.39, 0.29) is 17.7 Å². The minimum Gasteiger partial charge on any atom is -0.502 e. The van der Waals surface area contributed by atoms with Crippen molar-refractivity contribution in [3.63, 3.8) is 0 Å². The lowest BCUT2D eigenvalue weighted by Crippen LogP contribution is -2.35. The molecule has 0 radical (unpaired) electrons. The summed E-state index contributed by atoms with van der Waals surface area (Å²) in [5.41, 5.74) is -0.230. The number of rotatable bonds is 7. The van der Waals surface area contributed by atoms with Crippen molar-refractivity contribution in [2.75, 3.05) is 40.5 Å². The molecular formula is C25H28N2O8. The van der Waals surface area contributed by atoms with E-state index in [2.05, 4.69) is 4.90 Å². The molecule has 3 heterocycles. The zero-order chi connectivity index (χ0) is 25.1. The number of pyridine rings is 1. The molecule has 0 spiro atoms. The van der Waals surface area contributed by atoms with Gasteiger partial charge in [0.2, 0.25) is 11.2 Å². The molecule has 35 heavy (non-hydrogen) atoms. The molecule has 1 saturated heterocycles. The van der Waals surface area contributed by atoms with E-state index in [1.165, 1.54) is 24.9 Å². The van der Waals surface area contributed by atoms with E-state index in [1.807, 2.05) is 0 Å². The van der Waals surface area contributed by atoms with Crippen LogP contribution in [0.5, 0.6) is 11.5 Å². The average molecular weight is 485 g/mol. The third-order valence-electron chi connectivity index (χ3n) is 6.23. The Kier molecular flexibility index (Phi) is 7.23. The Labute approximate surface area is 201 Å². The molecule has 0 bridgehead atoms. The van der Waals surface area contributed by atoms with Crippen LogP contribution in [0.15, 0.2) is 44.3 Å². The van der Waals surface area contributed by atoms with Crippen molar-refractivity contribution in [2.45, 2.75) is 18.9 Å². The van der Waals surface area contributed by atoms with Gasteiger partial charge in [0.15, 0.2) is 5.76 Å². The molecule has 1 aliphatic heterocycles. The number of methoxy groups -OCH3 is 2. The Morgan fingerprint density at radius 2 is 1.89 bits per heavy atom. The number of hydrogen-bond acceptors (Lipinski definition) is 9. The second kappa shape index (κ2) is 10.3. The number of carbonyl (C=O) groups is 1. The summed E-state index contributed by atoms with van der Waals surface area (Å²) in [6, 6.07) is 8.15. The molecule has 1 N–H and O–H groups in total. The molecule has 10 heteroatoms. The number of ether oxygens (including phenoxy) is 3. The SMILES string of the molecule is COC(=O)CC(c1oc(CN2CCOCC2)cc(=O)c1O)c1cc2ccc(OC)cc2n(C)c1=O. The normalized spacial score (nSPS) is 15.2. The lowest BCUT2D eigenvalue weighted by atomic mass is 9.92. The van der Waals surface area contributed by atoms with E-state index in [0.717, 1.165) is 0 Å². The van der Waals surface area contributed by atoms with Crippen LogP contribution in [-0.4, -0.2) is 61.1 Å². The first-order chi connectivity index (χ1) is 16.8. The fraction of sp³-hybridized carbons (Fsp3) is 0.400. The van der Waals surface area contributed by atoms with Gasteiger partial charge in [-0.15, -0.1) is 0 Å². The summed E-state index contributed by atoms with van der Waals surface area (Å²) in [5.74, 6) is -1.53. The lowest BCUT2D eigenvalue weighted by molar-refractivity contribution is -0.140. The van der Waals surface area contributed by atoms with Crippen LogP contribution in [0, 0.1) is 0 Å². The second-order valence-electron chi connectivity index (χ2n) is 8.40. The molecular weight excluding hydrogens is 456 g/mol. The molecule has 10 nitrogen and oxygen atoms in total. The number of aryl methyl sites for hydroxylation is 1. The average Bonchev–Trinajstić information content (AvgIpc) is 2.87. The van der Waals surface area contributed by atoms with Crippen LogP contribution < -0.4 is 15.7 Å². The molecule has 0 amide bonds. The van der Waals surface area contributed by atoms with Crippen LogP contribution >= 0.6 is 0 Å². The molecule has 1 atom stereocenters. The maximum Gasteiger partial charge on any atom is 0.306 e. The minimum absolute atomic E-state index is 0.142. The van der Waals surface area contributed by atoms with Gasteiger partial charge in [-0.05, 0) is 23.6 Å². The Morgan fingerprint density at radius 3 is 2.57 bits per heavy atom. The second-order valence-corrected chi connectivity index (χ2v) is 8.40. The molecule has 0 saturated carbocycles. The third kappa shape index (κ3) is 5.08. The number of benzene rings is 1. The predicted octanol–water partition coefficient (Wildman–Crippen LogP) is 1.73. The van der Waals surface area contributed by atoms with E-state index < -0.39 is 28.6 Å². The van der Waals surface area contributed by atoms with Crippen LogP contribution in [0.3, 0.4) is 0 Å². The van der Waals surface area contributed by atoms with Crippen molar-refractivity contribution in [1.82, 2.24) is 9.47 Å². The van der Waals surface area contributed by atoms with Gasteiger partial charge in [-0.1, -0.05) is 0 Å². The summed E-state index contributed by atoms with van der Waals surface area (Å²) in [5, 5.41) is 11.4. The number of fused-ring (bicyclic) bond motifs is 1. The minimum atomic E-state index is -1.04. The van der Waals surface area contributed by atoms with E-state index in [1.54, 1.807) is 31.3 Å². The number of aromatic nitrogens is 1. The first kappa shape index (κ1) is 24.5. The van der Waals surface area contributed by atoms with Crippen LogP contribution in [-0.2, 0) is 27.9 Å². The molecule has 2 aromatic heterocycles. The summed E-state index contributed by atoms with van der Waals surface area (Å²) >= 11 is 0. The molecule has 1 aromatic carbocycles. The quantitative estimate of drug-likeness (QED) is 0.500. The van der Waals surface area contributed by atoms with Crippen LogP contribution in [0.2, 0.25) is 0 Å². The van der Waals surface area contributed by atoms with Gasteiger partial charge in [0.25, 0.3) is 5.56 Å². The standard InChI is InChI=1S/C25H28N2O8/c1-26-20-11-16(32-2)5-4-15(20)10-19(25(26)31)18(13-22(29)33-3)24-23(30)21(28)12-17(35-24)14-27-6-8-34-9-7-27/h4-5,10-12,18,30H,6-9,13-14H2,1-3H3. The van der Waals surface area contributed by atoms with Crippen molar-refractivity contribution in [1.29, 1.82) is 0 Å². The summed E-state index contributed by atoms with van der Waals surface area (Å²) in [6.07, 6.45) is -0.301. The van der Waals surface area contributed by atoms with Gasteiger partial charge in [0.1, 0.15) is 11.5 Å². The number of aromatic hydroxyl groups is 1. The van der Waals surface area contributed by atoms with E-state index in [9.17, 15) is 19.5 Å². The third-order valence-corrected chi connectivity index (χ3v) is 6.23. The maximum absolute atomic E-state index is 13.4. The molecule has 1 aliphatic rings. The van der Waals surface area contributed by atoms with Crippen molar-refractivity contribution in [3.8, 4) is 11.5 Å². The van der Waals surface area contributed by atoms with Gasteiger partial charge < -0.3 is 28.3 Å².